The van der Waals surface area contributed by atoms with Crippen LogP contribution in [0.5, 0.6) is 0 Å². The van der Waals surface area contributed by atoms with E-state index in [0.717, 1.165) is 33.7 Å². The van der Waals surface area contributed by atoms with Gasteiger partial charge in [0.25, 0.3) is 10.0 Å². The SMILES string of the molecule is O=C(O)CCC(=O)NS(=O)(=O)c1ccc(-n2nc(C(F)(F)F)cc2-c2ccc3ccccc3c2)cc1.[Na].[Na]. The van der Waals surface area contributed by atoms with Gasteiger partial charge in [0, 0.05) is 71.1 Å². The average molecular weight is 563 g/mol. The Bertz CT molecular complexity index is 1570. The number of hydrogen-bond acceptors (Lipinski definition) is 5. The molecular weight excluding hydrogens is 545 g/mol. The van der Waals surface area contributed by atoms with Crippen molar-refractivity contribution in [2.75, 3.05) is 0 Å². The third-order valence-corrected chi connectivity index (χ3v) is 6.64. The van der Waals surface area contributed by atoms with E-state index >= 15 is 0 Å². The number of carbonyl (C=O) groups excluding carboxylic acids is 1. The molecule has 4 rings (SSSR count). The first kappa shape index (κ1) is 32.0. The van der Waals surface area contributed by atoms with E-state index in [1.54, 1.807) is 22.9 Å². The van der Waals surface area contributed by atoms with E-state index in [1.165, 1.54) is 12.1 Å². The first-order valence-electron chi connectivity index (χ1n) is 10.5. The number of halogens is 3. The number of sulfonamides is 1. The number of aliphatic carboxylic acids is 1. The van der Waals surface area contributed by atoms with Gasteiger partial charge in [-0.15, -0.1) is 0 Å². The van der Waals surface area contributed by atoms with Crippen LogP contribution in [0, 0.1) is 0 Å². The van der Waals surface area contributed by atoms with Gasteiger partial charge in [-0.1, -0.05) is 36.4 Å². The molecule has 4 aromatic rings. The number of alkyl halides is 3. The molecule has 38 heavy (non-hydrogen) atoms. The van der Waals surface area contributed by atoms with E-state index in [1.807, 2.05) is 24.3 Å². The summed E-state index contributed by atoms with van der Waals surface area (Å²) in [6.45, 7) is 0. The Balaban J connectivity index is 0.00000253. The van der Waals surface area contributed by atoms with Gasteiger partial charge in [0.05, 0.1) is 22.7 Å². The summed E-state index contributed by atoms with van der Waals surface area (Å²) in [6, 6.07) is 18.2. The van der Waals surface area contributed by atoms with E-state index in [-0.39, 0.29) is 75.4 Å². The van der Waals surface area contributed by atoms with Crippen LogP contribution in [0.4, 0.5) is 13.2 Å². The van der Waals surface area contributed by atoms with E-state index in [4.69, 9.17) is 5.11 Å². The van der Waals surface area contributed by atoms with Crippen molar-refractivity contribution < 1.29 is 36.3 Å². The number of carboxylic acid groups (broad SMARTS) is 1. The number of amides is 1. The fraction of sp³-hybridized carbons (Fsp3) is 0.125. The van der Waals surface area contributed by atoms with E-state index in [0.29, 0.717) is 5.56 Å². The summed E-state index contributed by atoms with van der Waals surface area (Å²) in [5.41, 5.74) is -0.345. The zero-order valence-corrected chi connectivity index (χ0v) is 25.2. The molecule has 188 valence electrons. The molecule has 14 heteroatoms. The molecule has 1 amide bonds. The Labute approximate surface area is 259 Å². The standard InChI is InChI=1S/C24H18F3N3O5S.2Na/c25-24(26,27)21-14-20(17-6-5-15-3-1-2-4-16(15)13-17)30(28-21)18-7-9-19(10-8-18)36(34,35)29-22(31)11-12-23(32)33;;/h1-10,13-14H,11-12H2,(H,29,31)(H,32,33);;. The van der Waals surface area contributed by atoms with Gasteiger partial charge in [-0.2, -0.15) is 18.3 Å². The summed E-state index contributed by atoms with van der Waals surface area (Å²) in [4.78, 5) is 22.0. The van der Waals surface area contributed by atoms with E-state index < -0.39 is 46.6 Å². The molecule has 0 bridgehead atoms. The minimum absolute atomic E-state index is 0. The number of rotatable bonds is 7. The van der Waals surface area contributed by atoms with E-state index in [9.17, 15) is 31.2 Å². The topological polar surface area (TPSA) is 118 Å². The van der Waals surface area contributed by atoms with Crippen LogP contribution in [0.15, 0.2) is 77.7 Å². The van der Waals surface area contributed by atoms with Gasteiger partial charge in [0.15, 0.2) is 5.69 Å². The fourth-order valence-corrected chi connectivity index (χ4v) is 4.53. The number of fused-ring (bicyclic) bond motifs is 1. The van der Waals surface area contributed by atoms with Crippen molar-refractivity contribution in [2.45, 2.75) is 23.9 Å². The first-order valence-corrected chi connectivity index (χ1v) is 12.0. The van der Waals surface area contributed by atoms with Crippen LogP contribution < -0.4 is 4.72 Å². The molecule has 0 aliphatic rings. The molecule has 1 heterocycles. The molecule has 0 spiro atoms. The van der Waals surface area contributed by atoms with Crippen LogP contribution in [0.2, 0.25) is 0 Å². The molecular formula is C24H18F3N3Na2O5S. The Kier molecular flexibility index (Phi) is 10.8. The maximum Gasteiger partial charge on any atom is 0.435 e. The molecule has 0 fully saturated rings. The molecule has 8 nitrogen and oxygen atoms in total. The van der Waals surface area contributed by atoms with Crippen molar-refractivity contribution in [2.24, 2.45) is 0 Å². The maximum atomic E-state index is 13.5. The summed E-state index contributed by atoms with van der Waals surface area (Å²) < 4.78 is 68.2. The van der Waals surface area contributed by atoms with Gasteiger partial charge >= 0.3 is 12.1 Å². The van der Waals surface area contributed by atoms with Gasteiger partial charge < -0.3 is 5.11 Å². The molecule has 0 atom stereocenters. The second-order valence-electron chi connectivity index (χ2n) is 7.80. The van der Waals surface area contributed by atoms with Gasteiger partial charge in [0.2, 0.25) is 5.91 Å². The number of nitrogens with zero attached hydrogens (tertiary/aromatic N) is 2. The van der Waals surface area contributed by atoms with Crippen molar-refractivity contribution in [3.63, 3.8) is 0 Å². The van der Waals surface area contributed by atoms with E-state index in [2.05, 4.69) is 5.10 Å². The van der Waals surface area contributed by atoms with Gasteiger partial charge in [-0.05, 0) is 47.2 Å². The summed E-state index contributed by atoms with van der Waals surface area (Å²) in [7, 11) is -4.31. The van der Waals surface area contributed by atoms with Crippen molar-refractivity contribution >= 4 is 91.8 Å². The normalized spacial score (nSPS) is 11.3. The molecule has 0 saturated carbocycles. The van der Waals surface area contributed by atoms with Crippen molar-refractivity contribution in [1.82, 2.24) is 14.5 Å². The van der Waals surface area contributed by atoms with Crippen LogP contribution in [0.3, 0.4) is 0 Å². The largest absolute Gasteiger partial charge is 0.481 e. The van der Waals surface area contributed by atoms with Crippen molar-refractivity contribution in [1.29, 1.82) is 0 Å². The van der Waals surface area contributed by atoms with Gasteiger partial charge in [0.1, 0.15) is 0 Å². The molecule has 3 aromatic carbocycles. The minimum atomic E-state index is -4.71. The molecule has 1 aromatic heterocycles. The predicted molar refractivity (Wildman–Crippen MR) is 135 cm³/mol. The first-order chi connectivity index (χ1) is 16.9. The second kappa shape index (κ2) is 12.8. The minimum Gasteiger partial charge on any atom is -0.481 e. The number of carbonyl (C=O) groups is 2. The summed E-state index contributed by atoms with van der Waals surface area (Å²) >= 11 is 0. The Morgan fingerprint density at radius 1 is 0.895 bits per heavy atom. The Hall–Kier alpha value is -2.19. The number of nitrogens with one attached hydrogen (secondary N) is 1. The van der Waals surface area contributed by atoms with Crippen LogP contribution in [-0.2, 0) is 25.8 Å². The molecule has 2 N–H and O–H groups in total. The Morgan fingerprint density at radius 3 is 2.13 bits per heavy atom. The van der Waals surface area contributed by atoms with Gasteiger partial charge in [-0.3, -0.25) is 9.59 Å². The summed E-state index contributed by atoms with van der Waals surface area (Å²) in [5.74, 6) is -2.26. The Morgan fingerprint density at radius 2 is 1.53 bits per heavy atom. The second-order valence-corrected chi connectivity index (χ2v) is 9.49. The summed E-state index contributed by atoms with van der Waals surface area (Å²) in [5, 5.41) is 14.0. The fourth-order valence-electron chi connectivity index (χ4n) is 3.52. The van der Waals surface area contributed by atoms with Crippen LogP contribution in [0.1, 0.15) is 18.5 Å². The molecule has 0 unspecified atom stereocenters. The third-order valence-electron chi connectivity index (χ3n) is 5.25. The predicted octanol–water partition coefficient (Wildman–Crippen LogP) is 3.62. The van der Waals surface area contributed by atoms with Crippen molar-refractivity contribution in [3.8, 4) is 16.9 Å². The van der Waals surface area contributed by atoms with Gasteiger partial charge in [-0.25, -0.2) is 17.8 Å². The zero-order valence-electron chi connectivity index (χ0n) is 20.4. The number of carboxylic acids is 1. The average Bonchev–Trinajstić information content (AvgIpc) is 3.28. The van der Waals surface area contributed by atoms with Crippen LogP contribution in [-0.4, -0.2) is 94.3 Å². The quantitative estimate of drug-likeness (QED) is 0.332. The molecule has 0 aliphatic heterocycles. The van der Waals surface area contributed by atoms with Crippen LogP contribution >= 0.6 is 0 Å². The number of benzene rings is 3. The smallest absolute Gasteiger partial charge is 0.435 e. The molecule has 0 aliphatic carbocycles. The zero-order chi connectivity index (χ0) is 26.1. The van der Waals surface area contributed by atoms with Crippen LogP contribution in [0.25, 0.3) is 27.7 Å². The maximum absolute atomic E-state index is 13.5. The molecule has 2 radical (unpaired) electrons. The van der Waals surface area contributed by atoms with Crippen molar-refractivity contribution in [3.05, 3.63) is 78.5 Å². The number of hydrogen-bond donors (Lipinski definition) is 2. The third kappa shape index (κ3) is 7.47. The summed E-state index contributed by atoms with van der Waals surface area (Å²) in [6.07, 6.45) is -5.78. The molecule has 0 saturated heterocycles. The monoisotopic (exact) mass is 563 g/mol. The number of aromatic nitrogens is 2.